The number of allylic oxidation sites excluding steroid dienone is 2. The van der Waals surface area contributed by atoms with Crippen LogP contribution in [0.1, 0.15) is 24.8 Å². The van der Waals surface area contributed by atoms with Crippen LogP contribution in [0.5, 0.6) is 0 Å². The number of hydrogen-bond donors (Lipinski definition) is 1. The van der Waals surface area contributed by atoms with E-state index in [4.69, 9.17) is 4.74 Å². The highest BCUT2D eigenvalue weighted by atomic mass is 19.2. The predicted octanol–water partition coefficient (Wildman–Crippen LogP) is 3.67. The van der Waals surface area contributed by atoms with Crippen LogP contribution in [-0.2, 0) is 4.74 Å². The maximum atomic E-state index is 14.8. The van der Waals surface area contributed by atoms with E-state index in [9.17, 15) is 18.3 Å². The van der Waals surface area contributed by atoms with Crippen LogP contribution >= 0.6 is 0 Å². The Balaban J connectivity index is 1.95. The molecule has 3 rings (SSSR count). The SMILES string of the molecule is OC1C(F)=CC(c2cccc(F)c2)=CC1(F)OC1CCC1. The van der Waals surface area contributed by atoms with Gasteiger partial charge in [0.2, 0.25) is 0 Å². The smallest absolute Gasteiger partial charge is 0.262 e. The molecular weight excluding hydrogens is 281 g/mol. The zero-order valence-electron chi connectivity index (χ0n) is 11.2. The lowest BCUT2D eigenvalue weighted by molar-refractivity contribution is -0.210. The van der Waals surface area contributed by atoms with Crippen LogP contribution in [0.3, 0.4) is 0 Å². The summed E-state index contributed by atoms with van der Waals surface area (Å²) in [4.78, 5) is 0. The summed E-state index contributed by atoms with van der Waals surface area (Å²) < 4.78 is 47.1. The van der Waals surface area contributed by atoms with E-state index in [-0.39, 0.29) is 11.7 Å². The number of aliphatic hydroxyl groups excluding tert-OH is 1. The second kappa shape index (κ2) is 5.31. The first-order chi connectivity index (χ1) is 9.98. The van der Waals surface area contributed by atoms with Gasteiger partial charge >= 0.3 is 0 Å². The van der Waals surface area contributed by atoms with Gasteiger partial charge in [-0.15, -0.1) is 0 Å². The Kier molecular flexibility index (Phi) is 3.63. The third kappa shape index (κ3) is 2.76. The molecule has 21 heavy (non-hydrogen) atoms. The van der Waals surface area contributed by atoms with E-state index in [0.29, 0.717) is 18.4 Å². The van der Waals surface area contributed by atoms with Crippen molar-refractivity contribution in [1.82, 2.24) is 0 Å². The quantitative estimate of drug-likeness (QED) is 0.922. The largest absolute Gasteiger partial charge is 0.380 e. The molecule has 2 aliphatic carbocycles. The van der Waals surface area contributed by atoms with Gasteiger partial charge in [-0.2, -0.15) is 0 Å². The Morgan fingerprint density at radius 3 is 2.62 bits per heavy atom. The minimum atomic E-state index is -2.62. The fraction of sp³-hybridized carbons (Fsp3) is 0.375. The predicted molar refractivity (Wildman–Crippen MR) is 72.1 cm³/mol. The van der Waals surface area contributed by atoms with Gasteiger partial charge in [0.1, 0.15) is 11.6 Å². The monoisotopic (exact) mass is 296 g/mol. The van der Waals surface area contributed by atoms with Gasteiger partial charge in [0.15, 0.2) is 6.10 Å². The highest BCUT2D eigenvalue weighted by molar-refractivity contribution is 5.76. The molecule has 0 saturated heterocycles. The van der Waals surface area contributed by atoms with Crippen molar-refractivity contribution in [2.75, 3.05) is 0 Å². The molecule has 2 unspecified atom stereocenters. The van der Waals surface area contributed by atoms with E-state index >= 15 is 0 Å². The minimum absolute atomic E-state index is 0.152. The molecule has 1 saturated carbocycles. The van der Waals surface area contributed by atoms with Gasteiger partial charge in [0, 0.05) is 0 Å². The standard InChI is InChI=1S/C16H15F3O2/c17-12-4-1-3-10(7-12)11-8-14(18)15(20)16(19,9-11)21-13-5-2-6-13/h1,3-4,7-9,13,15,20H,2,5-6H2. The van der Waals surface area contributed by atoms with Crippen molar-refractivity contribution < 1.29 is 23.0 Å². The molecule has 0 radical (unpaired) electrons. The molecule has 1 fully saturated rings. The number of halogens is 3. The highest BCUT2D eigenvalue weighted by Crippen LogP contribution is 2.39. The summed E-state index contributed by atoms with van der Waals surface area (Å²) in [6, 6.07) is 5.42. The zero-order valence-corrected chi connectivity index (χ0v) is 11.2. The molecule has 0 spiro atoms. The molecule has 1 N–H and O–H groups in total. The first kappa shape index (κ1) is 14.4. The van der Waals surface area contributed by atoms with E-state index < -0.39 is 23.6 Å². The van der Waals surface area contributed by atoms with E-state index in [1.54, 1.807) is 6.07 Å². The van der Waals surface area contributed by atoms with Crippen molar-refractivity contribution in [1.29, 1.82) is 0 Å². The van der Waals surface area contributed by atoms with Crippen molar-refractivity contribution in [3.8, 4) is 0 Å². The molecule has 0 heterocycles. The number of ether oxygens (including phenoxy) is 1. The number of alkyl halides is 1. The van der Waals surface area contributed by atoms with Gasteiger partial charge in [0.25, 0.3) is 5.85 Å². The van der Waals surface area contributed by atoms with Gasteiger partial charge in [-0.25, -0.2) is 13.2 Å². The van der Waals surface area contributed by atoms with E-state index in [1.807, 2.05) is 0 Å². The highest BCUT2D eigenvalue weighted by Gasteiger charge is 2.45. The Hall–Kier alpha value is -1.59. The first-order valence-electron chi connectivity index (χ1n) is 6.88. The zero-order chi connectivity index (χ0) is 15.0. The summed E-state index contributed by atoms with van der Waals surface area (Å²) in [5.74, 6) is -4.15. The summed E-state index contributed by atoms with van der Waals surface area (Å²) in [5, 5.41) is 9.72. The Morgan fingerprint density at radius 1 is 1.24 bits per heavy atom. The summed E-state index contributed by atoms with van der Waals surface area (Å²) >= 11 is 0. The lowest BCUT2D eigenvalue weighted by Gasteiger charge is -2.37. The second-order valence-electron chi connectivity index (χ2n) is 5.41. The van der Waals surface area contributed by atoms with Crippen LogP contribution in [0.4, 0.5) is 13.2 Å². The maximum Gasteiger partial charge on any atom is 0.262 e. The molecular formula is C16H15F3O2. The lowest BCUT2D eigenvalue weighted by Crippen LogP contribution is -2.45. The number of hydrogen-bond acceptors (Lipinski definition) is 2. The molecule has 2 atom stereocenters. The molecule has 1 aromatic rings. The van der Waals surface area contributed by atoms with Gasteiger partial charge in [0.05, 0.1) is 6.10 Å². The van der Waals surface area contributed by atoms with E-state index in [0.717, 1.165) is 18.6 Å². The average molecular weight is 296 g/mol. The maximum absolute atomic E-state index is 14.8. The summed E-state index contributed by atoms with van der Waals surface area (Å²) in [6.45, 7) is 0. The molecule has 2 nitrogen and oxygen atoms in total. The third-order valence-electron chi connectivity index (χ3n) is 3.84. The van der Waals surface area contributed by atoms with Crippen LogP contribution in [0, 0.1) is 5.82 Å². The summed E-state index contributed by atoms with van der Waals surface area (Å²) in [7, 11) is 0. The molecule has 2 aliphatic rings. The van der Waals surface area contributed by atoms with Crippen LogP contribution in [-0.4, -0.2) is 23.2 Å². The Morgan fingerprint density at radius 2 is 2.00 bits per heavy atom. The van der Waals surface area contributed by atoms with Gasteiger partial charge in [-0.3, -0.25) is 0 Å². The number of aliphatic hydroxyl groups is 1. The molecule has 0 bridgehead atoms. The van der Waals surface area contributed by atoms with E-state index in [2.05, 4.69) is 0 Å². The van der Waals surface area contributed by atoms with Crippen molar-refractivity contribution in [2.24, 2.45) is 0 Å². The number of rotatable bonds is 3. The fourth-order valence-corrected chi connectivity index (χ4v) is 2.43. The molecule has 0 amide bonds. The van der Waals surface area contributed by atoms with Crippen molar-refractivity contribution >= 4 is 5.57 Å². The van der Waals surface area contributed by atoms with Crippen molar-refractivity contribution in [2.45, 2.75) is 37.3 Å². The normalized spacial score (nSPS) is 29.6. The molecule has 0 aliphatic heterocycles. The molecule has 112 valence electrons. The average Bonchev–Trinajstić information content (AvgIpc) is 2.40. The second-order valence-corrected chi connectivity index (χ2v) is 5.41. The van der Waals surface area contributed by atoms with Crippen molar-refractivity contribution in [3.05, 3.63) is 53.6 Å². The topological polar surface area (TPSA) is 29.5 Å². The van der Waals surface area contributed by atoms with Gasteiger partial charge in [-0.1, -0.05) is 12.1 Å². The number of benzene rings is 1. The summed E-state index contributed by atoms with van der Waals surface area (Å²) in [5.41, 5.74) is 0.482. The lowest BCUT2D eigenvalue weighted by atomic mass is 9.92. The van der Waals surface area contributed by atoms with Gasteiger partial charge in [-0.05, 0) is 54.7 Å². The molecule has 1 aromatic carbocycles. The first-order valence-corrected chi connectivity index (χ1v) is 6.88. The van der Waals surface area contributed by atoms with Crippen LogP contribution in [0.25, 0.3) is 5.57 Å². The van der Waals surface area contributed by atoms with Gasteiger partial charge < -0.3 is 9.84 Å². The molecule has 5 heteroatoms. The fourth-order valence-electron chi connectivity index (χ4n) is 2.43. The Labute approximate surface area is 120 Å². The third-order valence-corrected chi connectivity index (χ3v) is 3.84. The van der Waals surface area contributed by atoms with E-state index in [1.165, 1.54) is 18.2 Å². The van der Waals surface area contributed by atoms with Crippen LogP contribution < -0.4 is 0 Å². The Bertz CT molecular complexity index is 607. The summed E-state index contributed by atoms with van der Waals surface area (Å²) in [6.07, 6.45) is 2.01. The van der Waals surface area contributed by atoms with Crippen LogP contribution in [0.15, 0.2) is 42.2 Å². The van der Waals surface area contributed by atoms with Crippen molar-refractivity contribution in [3.63, 3.8) is 0 Å². The molecule has 0 aromatic heterocycles. The van der Waals surface area contributed by atoms with Crippen LogP contribution in [0.2, 0.25) is 0 Å². The minimum Gasteiger partial charge on any atom is -0.380 e.